The second kappa shape index (κ2) is 8.66. The van der Waals surface area contributed by atoms with E-state index in [0.717, 1.165) is 12.8 Å². The van der Waals surface area contributed by atoms with E-state index in [-0.39, 0.29) is 17.7 Å². The minimum absolute atomic E-state index is 0.00666. The lowest BCUT2D eigenvalue weighted by atomic mass is 10.1. The Hall–Kier alpha value is -1.72. The van der Waals surface area contributed by atoms with Gasteiger partial charge in [0.25, 0.3) is 0 Å². The Morgan fingerprint density at radius 1 is 1.18 bits per heavy atom. The SMILES string of the molecule is CCCCCCC(OC(=O)c1ccccc1OC)C(F)(F)F. The summed E-state index contributed by atoms with van der Waals surface area (Å²) in [4.78, 5) is 12.0. The van der Waals surface area contributed by atoms with Crippen LogP contribution in [-0.4, -0.2) is 25.4 Å². The van der Waals surface area contributed by atoms with Crippen molar-refractivity contribution in [3.8, 4) is 5.75 Å². The monoisotopic (exact) mass is 318 g/mol. The highest BCUT2D eigenvalue weighted by atomic mass is 19.4. The Morgan fingerprint density at radius 3 is 2.45 bits per heavy atom. The summed E-state index contributed by atoms with van der Waals surface area (Å²) in [6.07, 6.45) is -4.01. The van der Waals surface area contributed by atoms with Crippen LogP contribution in [0.3, 0.4) is 0 Å². The number of esters is 1. The van der Waals surface area contributed by atoms with Crippen LogP contribution in [0.15, 0.2) is 24.3 Å². The summed E-state index contributed by atoms with van der Waals surface area (Å²) in [6.45, 7) is 1.98. The Kier molecular flexibility index (Phi) is 7.21. The molecule has 3 nitrogen and oxygen atoms in total. The van der Waals surface area contributed by atoms with Gasteiger partial charge in [-0.3, -0.25) is 0 Å². The Labute approximate surface area is 128 Å². The van der Waals surface area contributed by atoms with Gasteiger partial charge in [-0.25, -0.2) is 4.79 Å². The minimum Gasteiger partial charge on any atom is -0.496 e. The summed E-state index contributed by atoms with van der Waals surface area (Å²) in [7, 11) is 1.35. The molecular weight excluding hydrogens is 297 g/mol. The number of para-hydroxylation sites is 1. The molecule has 0 aliphatic rings. The summed E-state index contributed by atoms with van der Waals surface area (Å²) in [5.74, 6) is -0.824. The normalized spacial score (nSPS) is 12.8. The standard InChI is InChI=1S/C16H21F3O3/c1-3-4-5-6-11-14(16(17,18)19)22-15(20)12-9-7-8-10-13(12)21-2/h7-10,14H,3-6,11H2,1-2H3. The molecule has 0 aliphatic heterocycles. The first-order valence-electron chi connectivity index (χ1n) is 7.30. The van der Waals surface area contributed by atoms with E-state index in [2.05, 4.69) is 4.74 Å². The molecule has 0 fully saturated rings. The number of hydrogen-bond donors (Lipinski definition) is 0. The molecule has 0 amide bonds. The molecule has 1 aromatic rings. The number of unbranched alkanes of at least 4 members (excludes halogenated alkanes) is 3. The van der Waals surface area contributed by atoms with Gasteiger partial charge in [0.05, 0.1) is 7.11 Å². The molecular formula is C16H21F3O3. The highest BCUT2D eigenvalue weighted by Gasteiger charge is 2.42. The molecule has 0 radical (unpaired) electrons. The first-order chi connectivity index (χ1) is 10.4. The molecule has 0 aromatic heterocycles. The molecule has 6 heteroatoms. The number of methoxy groups -OCH3 is 1. The van der Waals surface area contributed by atoms with E-state index in [9.17, 15) is 18.0 Å². The fourth-order valence-corrected chi connectivity index (χ4v) is 2.05. The second-order valence-corrected chi connectivity index (χ2v) is 4.99. The van der Waals surface area contributed by atoms with E-state index >= 15 is 0 Å². The predicted octanol–water partition coefficient (Wildman–Crippen LogP) is 4.75. The number of rotatable bonds is 8. The van der Waals surface area contributed by atoms with Crippen LogP contribution in [0.25, 0.3) is 0 Å². The third-order valence-electron chi connectivity index (χ3n) is 3.26. The van der Waals surface area contributed by atoms with E-state index in [1.54, 1.807) is 12.1 Å². The number of hydrogen-bond acceptors (Lipinski definition) is 3. The average molecular weight is 318 g/mol. The van der Waals surface area contributed by atoms with Crippen LogP contribution in [0.2, 0.25) is 0 Å². The highest BCUT2D eigenvalue weighted by Crippen LogP contribution is 2.29. The summed E-state index contributed by atoms with van der Waals surface area (Å²) in [5.41, 5.74) is -0.00666. The van der Waals surface area contributed by atoms with Crippen LogP contribution in [0.4, 0.5) is 13.2 Å². The molecule has 1 aromatic carbocycles. The van der Waals surface area contributed by atoms with E-state index in [4.69, 9.17) is 4.74 Å². The van der Waals surface area contributed by atoms with Crippen molar-refractivity contribution in [2.75, 3.05) is 7.11 Å². The van der Waals surface area contributed by atoms with Gasteiger partial charge in [-0.1, -0.05) is 38.3 Å². The van der Waals surface area contributed by atoms with Gasteiger partial charge in [-0.2, -0.15) is 13.2 Å². The quantitative estimate of drug-likeness (QED) is 0.512. The molecule has 22 heavy (non-hydrogen) atoms. The number of carbonyl (C=O) groups is 1. The van der Waals surface area contributed by atoms with Crippen LogP contribution in [-0.2, 0) is 4.74 Å². The van der Waals surface area contributed by atoms with Crippen molar-refractivity contribution < 1.29 is 27.4 Å². The molecule has 0 saturated heterocycles. The van der Waals surface area contributed by atoms with Gasteiger partial charge < -0.3 is 9.47 Å². The zero-order valence-electron chi connectivity index (χ0n) is 12.8. The lowest BCUT2D eigenvalue weighted by Crippen LogP contribution is -2.34. The topological polar surface area (TPSA) is 35.5 Å². The number of alkyl halides is 3. The van der Waals surface area contributed by atoms with Crippen LogP contribution >= 0.6 is 0 Å². The predicted molar refractivity (Wildman–Crippen MR) is 77.0 cm³/mol. The van der Waals surface area contributed by atoms with Crippen LogP contribution in [0.5, 0.6) is 5.75 Å². The second-order valence-electron chi connectivity index (χ2n) is 4.99. The molecule has 1 unspecified atom stereocenters. The maximum atomic E-state index is 13.0. The van der Waals surface area contributed by atoms with Crippen LogP contribution in [0.1, 0.15) is 49.4 Å². The summed E-state index contributed by atoms with van der Waals surface area (Å²) in [5, 5.41) is 0. The fraction of sp³-hybridized carbons (Fsp3) is 0.562. The minimum atomic E-state index is -4.57. The van der Waals surface area contributed by atoms with Crippen molar-refractivity contribution in [3.05, 3.63) is 29.8 Å². The van der Waals surface area contributed by atoms with Crippen LogP contribution in [0, 0.1) is 0 Å². The van der Waals surface area contributed by atoms with E-state index in [1.165, 1.54) is 19.2 Å². The van der Waals surface area contributed by atoms with Crippen molar-refractivity contribution in [2.24, 2.45) is 0 Å². The molecule has 0 heterocycles. The van der Waals surface area contributed by atoms with Crippen molar-refractivity contribution in [1.29, 1.82) is 0 Å². The lowest BCUT2D eigenvalue weighted by molar-refractivity contribution is -0.206. The van der Waals surface area contributed by atoms with Crippen molar-refractivity contribution in [1.82, 2.24) is 0 Å². The lowest BCUT2D eigenvalue weighted by Gasteiger charge is -2.21. The molecule has 124 valence electrons. The van der Waals surface area contributed by atoms with Gasteiger partial charge in [-0.05, 0) is 25.0 Å². The molecule has 1 atom stereocenters. The Balaban J connectivity index is 2.74. The van der Waals surface area contributed by atoms with Gasteiger partial charge in [0.15, 0.2) is 6.10 Å². The summed E-state index contributed by atoms with van der Waals surface area (Å²) >= 11 is 0. The third-order valence-corrected chi connectivity index (χ3v) is 3.26. The zero-order chi connectivity index (χ0) is 16.6. The van der Waals surface area contributed by atoms with Gasteiger partial charge >= 0.3 is 12.1 Å². The maximum absolute atomic E-state index is 13.0. The molecule has 0 saturated carbocycles. The Morgan fingerprint density at radius 2 is 1.86 bits per heavy atom. The van der Waals surface area contributed by atoms with E-state index in [1.807, 2.05) is 6.92 Å². The van der Waals surface area contributed by atoms with Gasteiger partial charge in [0, 0.05) is 0 Å². The smallest absolute Gasteiger partial charge is 0.425 e. The summed E-state index contributed by atoms with van der Waals surface area (Å²) in [6, 6.07) is 6.05. The molecule has 0 bridgehead atoms. The van der Waals surface area contributed by atoms with Crippen LogP contribution < -0.4 is 4.74 Å². The molecule has 1 rings (SSSR count). The number of ether oxygens (including phenoxy) is 2. The van der Waals surface area contributed by atoms with E-state index < -0.39 is 18.2 Å². The van der Waals surface area contributed by atoms with Gasteiger partial charge in [-0.15, -0.1) is 0 Å². The first-order valence-corrected chi connectivity index (χ1v) is 7.30. The van der Waals surface area contributed by atoms with E-state index in [0.29, 0.717) is 12.8 Å². The fourth-order valence-electron chi connectivity index (χ4n) is 2.05. The largest absolute Gasteiger partial charge is 0.496 e. The number of carbonyl (C=O) groups excluding carboxylic acids is 1. The van der Waals surface area contributed by atoms with Crippen molar-refractivity contribution in [2.45, 2.75) is 51.3 Å². The number of benzene rings is 1. The highest BCUT2D eigenvalue weighted by molar-refractivity contribution is 5.92. The summed E-state index contributed by atoms with van der Waals surface area (Å²) < 4.78 is 48.6. The van der Waals surface area contributed by atoms with Crippen molar-refractivity contribution in [3.63, 3.8) is 0 Å². The van der Waals surface area contributed by atoms with Crippen molar-refractivity contribution >= 4 is 5.97 Å². The third kappa shape index (κ3) is 5.58. The van der Waals surface area contributed by atoms with Gasteiger partial charge in [0.1, 0.15) is 11.3 Å². The molecule has 0 aliphatic carbocycles. The molecule has 0 spiro atoms. The maximum Gasteiger partial charge on any atom is 0.425 e. The average Bonchev–Trinajstić information content (AvgIpc) is 2.49. The Bertz CT molecular complexity index is 472. The molecule has 0 N–H and O–H groups in total. The first kappa shape index (κ1) is 18.3. The number of halogens is 3. The van der Waals surface area contributed by atoms with Gasteiger partial charge in [0.2, 0.25) is 0 Å². The zero-order valence-corrected chi connectivity index (χ0v) is 12.8.